The number of hydrogen-bond donors (Lipinski definition) is 1. The maximum Gasteiger partial charge on any atom is 0.205 e. The van der Waals surface area contributed by atoms with E-state index in [1.807, 2.05) is 0 Å². The summed E-state index contributed by atoms with van der Waals surface area (Å²) in [7, 11) is 4.11. The molecule has 1 aromatic heterocycles. The first-order chi connectivity index (χ1) is 7.11. The van der Waals surface area contributed by atoms with Crippen molar-refractivity contribution in [2.24, 2.45) is 0 Å². The molecule has 0 aliphatic carbocycles. The number of imidazole rings is 1. The van der Waals surface area contributed by atoms with Gasteiger partial charge in [-0.1, -0.05) is 0 Å². The van der Waals surface area contributed by atoms with Crippen molar-refractivity contribution in [2.45, 2.75) is 32.9 Å². The summed E-state index contributed by atoms with van der Waals surface area (Å²) in [5, 5.41) is 3.36. The molecule has 4 heteroatoms. The van der Waals surface area contributed by atoms with Gasteiger partial charge in [0.25, 0.3) is 0 Å². The molecule has 0 fully saturated rings. The van der Waals surface area contributed by atoms with Gasteiger partial charge in [-0.15, -0.1) is 0 Å². The second-order valence-corrected chi connectivity index (χ2v) is 4.59. The molecule has 1 aliphatic heterocycles. The number of nitrogens with one attached hydrogen (secondary N) is 1. The Balaban J connectivity index is 2.51. The van der Waals surface area contributed by atoms with Crippen molar-refractivity contribution in [3.8, 4) is 0 Å². The molecule has 0 saturated carbocycles. The molecule has 0 amide bonds. The molecule has 1 aromatic rings. The Bertz CT molecular complexity index is 352. The Morgan fingerprint density at radius 3 is 2.73 bits per heavy atom. The topological polar surface area (TPSA) is 33.1 Å². The van der Waals surface area contributed by atoms with Crippen LogP contribution in [0.4, 0.5) is 5.95 Å². The summed E-state index contributed by atoms with van der Waals surface area (Å²) in [5.74, 6) is 1.08. The molecule has 2 heterocycles. The molecule has 84 valence electrons. The lowest BCUT2D eigenvalue weighted by atomic mass is 10.1. The molecule has 15 heavy (non-hydrogen) atoms. The van der Waals surface area contributed by atoms with E-state index in [1.165, 1.54) is 11.4 Å². The number of fused-ring (bicyclic) bond motifs is 1. The van der Waals surface area contributed by atoms with E-state index in [0.29, 0.717) is 6.04 Å². The Morgan fingerprint density at radius 2 is 2.13 bits per heavy atom. The lowest BCUT2D eigenvalue weighted by Crippen LogP contribution is -2.25. The van der Waals surface area contributed by atoms with Gasteiger partial charge in [0.05, 0.1) is 5.69 Å². The highest BCUT2D eigenvalue weighted by molar-refractivity contribution is 5.37. The van der Waals surface area contributed by atoms with E-state index in [1.54, 1.807) is 0 Å². The monoisotopic (exact) mass is 208 g/mol. The predicted molar refractivity (Wildman–Crippen MR) is 62.3 cm³/mol. The molecule has 0 aromatic carbocycles. The summed E-state index contributed by atoms with van der Waals surface area (Å²) >= 11 is 0. The van der Waals surface area contributed by atoms with Gasteiger partial charge < -0.3 is 14.8 Å². The predicted octanol–water partition coefficient (Wildman–Crippen LogP) is 1.18. The van der Waals surface area contributed by atoms with Gasteiger partial charge in [-0.25, -0.2) is 4.98 Å². The fourth-order valence-electron chi connectivity index (χ4n) is 2.18. The molecule has 0 saturated heterocycles. The van der Waals surface area contributed by atoms with E-state index in [2.05, 4.69) is 42.7 Å². The van der Waals surface area contributed by atoms with E-state index in [4.69, 9.17) is 4.98 Å². The maximum absolute atomic E-state index is 4.70. The Hall–Kier alpha value is -1.03. The molecular formula is C11H20N4. The summed E-state index contributed by atoms with van der Waals surface area (Å²) in [5.41, 5.74) is 2.63. The number of aromatic nitrogens is 2. The quantitative estimate of drug-likeness (QED) is 0.792. The Labute approximate surface area is 91.3 Å². The highest BCUT2D eigenvalue weighted by Crippen LogP contribution is 2.25. The third-order valence-electron chi connectivity index (χ3n) is 2.82. The fraction of sp³-hybridized carbons (Fsp3) is 0.727. The van der Waals surface area contributed by atoms with Gasteiger partial charge in [-0.3, -0.25) is 0 Å². The highest BCUT2D eigenvalue weighted by Gasteiger charge is 2.21. The second kappa shape index (κ2) is 3.85. The van der Waals surface area contributed by atoms with Gasteiger partial charge in [0, 0.05) is 45.3 Å². The minimum Gasteiger partial charge on any atom is -0.348 e. The molecule has 0 radical (unpaired) electrons. The average molecular weight is 208 g/mol. The van der Waals surface area contributed by atoms with Gasteiger partial charge in [0.15, 0.2) is 0 Å². The van der Waals surface area contributed by atoms with Crippen LogP contribution in [0.15, 0.2) is 0 Å². The summed E-state index contributed by atoms with van der Waals surface area (Å²) in [6.07, 6.45) is 1.09. The molecule has 0 spiro atoms. The normalized spacial score (nSPS) is 15.5. The molecule has 0 bridgehead atoms. The lowest BCUT2D eigenvalue weighted by molar-refractivity contribution is 0.542. The zero-order valence-electron chi connectivity index (χ0n) is 10.0. The Kier molecular flexibility index (Phi) is 2.69. The van der Waals surface area contributed by atoms with Crippen LogP contribution in [-0.2, 0) is 13.0 Å². The van der Waals surface area contributed by atoms with Crippen LogP contribution in [0.3, 0.4) is 0 Å². The van der Waals surface area contributed by atoms with Gasteiger partial charge in [0.1, 0.15) is 0 Å². The van der Waals surface area contributed by atoms with Gasteiger partial charge in [-0.05, 0) is 13.8 Å². The third-order valence-corrected chi connectivity index (χ3v) is 2.82. The van der Waals surface area contributed by atoms with Crippen molar-refractivity contribution in [2.75, 3.05) is 25.5 Å². The lowest BCUT2D eigenvalue weighted by Gasteiger charge is -2.21. The smallest absolute Gasteiger partial charge is 0.205 e. The standard InChI is InChI=1S/C11H20N4/c1-8(2)15-10-5-6-12-7-9(10)13-11(15)14(3)4/h8,12H,5-7H2,1-4H3. The van der Waals surface area contributed by atoms with Crippen LogP contribution in [0.1, 0.15) is 31.3 Å². The Morgan fingerprint density at radius 1 is 1.40 bits per heavy atom. The highest BCUT2D eigenvalue weighted by atomic mass is 15.3. The van der Waals surface area contributed by atoms with Crippen molar-refractivity contribution in [1.29, 1.82) is 0 Å². The molecule has 0 unspecified atom stereocenters. The van der Waals surface area contributed by atoms with Crippen LogP contribution in [0.5, 0.6) is 0 Å². The van der Waals surface area contributed by atoms with E-state index in [-0.39, 0.29) is 0 Å². The van der Waals surface area contributed by atoms with E-state index in [9.17, 15) is 0 Å². The first-order valence-corrected chi connectivity index (χ1v) is 5.59. The van der Waals surface area contributed by atoms with Crippen LogP contribution in [0.2, 0.25) is 0 Å². The number of hydrogen-bond acceptors (Lipinski definition) is 3. The first kappa shape index (κ1) is 10.5. The van der Waals surface area contributed by atoms with E-state index in [0.717, 1.165) is 25.5 Å². The SMILES string of the molecule is CC(C)n1c(N(C)C)nc2c1CCNC2. The fourth-order valence-corrected chi connectivity index (χ4v) is 2.18. The summed E-state index contributed by atoms with van der Waals surface area (Å²) in [4.78, 5) is 6.79. The van der Waals surface area contributed by atoms with Crippen molar-refractivity contribution in [3.63, 3.8) is 0 Å². The van der Waals surface area contributed by atoms with Crippen molar-refractivity contribution >= 4 is 5.95 Å². The molecular weight excluding hydrogens is 188 g/mol. The number of rotatable bonds is 2. The minimum atomic E-state index is 0.483. The van der Waals surface area contributed by atoms with Gasteiger partial charge >= 0.3 is 0 Å². The average Bonchev–Trinajstić information content (AvgIpc) is 2.56. The molecule has 4 nitrogen and oxygen atoms in total. The summed E-state index contributed by atoms with van der Waals surface area (Å²) < 4.78 is 2.36. The molecule has 0 atom stereocenters. The molecule has 1 aliphatic rings. The van der Waals surface area contributed by atoms with E-state index < -0.39 is 0 Å². The van der Waals surface area contributed by atoms with Crippen LogP contribution >= 0.6 is 0 Å². The zero-order valence-corrected chi connectivity index (χ0v) is 10.0. The second-order valence-electron chi connectivity index (χ2n) is 4.59. The largest absolute Gasteiger partial charge is 0.348 e. The van der Waals surface area contributed by atoms with Crippen LogP contribution in [-0.4, -0.2) is 30.2 Å². The van der Waals surface area contributed by atoms with Crippen molar-refractivity contribution in [3.05, 3.63) is 11.4 Å². The summed E-state index contributed by atoms with van der Waals surface area (Å²) in [6, 6.07) is 0.483. The van der Waals surface area contributed by atoms with Crippen LogP contribution in [0.25, 0.3) is 0 Å². The maximum atomic E-state index is 4.70. The zero-order chi connectivity index (χ0) is 11.0. The van der Waals surface area contributed by atoms with Crippen molar-refractivity contribution < 1.29 is 0 Å². The van der Waals surface area contributed by atoms with Gasteiger partial charge in [-0.2, -0.15) is 0 Å². The van der Waals surface area contributed by atoms with Crippen LogP contribution in [0, 0.1) is 0 Å². The number of nitrogens with zero attached hydrogens (tertiary/aromatic N) is 3. The van der Waals surface area contributed by atoms with Gasteiger partial charge in [0.2, 0.25) is 5.95 Å². The third kappa shape index (κ3) is 1.74. The van der Waals surface area contributed by atoms with E-state index >= 15 is 0 Å². The molecule has 1 N–H and O–H groups in total. The van der Waals surface area contributed by atoms with Crippen molar-refractivity contribution in [1.82, 2.24) is 14.9 Å². The number of anilines is 1. The first-order valence-electron chi connectivity index (χ1n) is 5.59. The molecule has 2 rings (SSSR count). The summed E-state index contributed by atoms with van der Waals surface area (Å²) in [6.45, 7) is 6.42. The van der Waals surface area contributed by atoms with Crippen LogP contribution < -0.4 is 10.2 Å². The minimum absolute atomic E-state index is 0.483.